The molecular formula is C24H31FN2O4. The fourth-order valence-corrected chi connectivity index (χ4v) is 3.09. The van der Waals surface area contributed by atoms with E-state index in [4.69, 9.17) is 9.47 Å². The van der Waals surface area contributed by atoms with Crippen molar-refractivity contribution in [1.29, 1.82) is 0 Å². The van der Waals surface area contributed by atoms with Gasteiger partial charge in [-0.1, -0.05) is 26.0 Å². The number of benzene rings is 2. The maximum atomic E-state index is 13.1. The number of nitrogens with zero attached hydrogens (tertiary/aromatic N) is 1. The Morgan fingerprint density at radius 3 is 2.39 bits per heavy atom. The molecule has 7 heteroatoms. The summed E-state index contributed by atoms with van der Waals surface area (Å²) in [5.41, 5.74) is 0.837. The fourth-order valence-electron chi connectivity index (χ4n) is 3.09. The van der Waals surface area contributed by atoms with Gasteiger partial charge in [-0.25, -0.2) is 4.39 Å². The molecule has 2 aromatic rings. The van der Waals surface area contributed by atoms with Crippen molar-refractivity contribution >= 4 is 11.8 Å². The molecule has 0 aliphatic rings. The lowest BCUT2D eigenvalue weighted by Crippen LogP contribution is -2.51. The number of carbonyl (C=O) groups excluding carboxylic acids is 2. The van der Waals surface area contributed by atoms with Crippen molar-refractivity contribution in [3.8, 4) is 11.5 Å². The van der Waals surface area contributed by atoms with E-state index in [1.54, 1.807) is 7.11 Å². The molecule has 2 aromatic carbocycles. The average Bonchev–Trinajstić information content (AvgIpc) is 2.78. The van der Waals surface area contributed by atoms with Crippen molar-refractivity contribution in [1.82, 2.24) is 10.2 Å². The van der Waals surface area contributed by atoms with Crippen molar-refractivity contribution in [2.45, 2.75) is 52.2 Å². The second-order valence-corrected chi connectivity index (χ2v) is 7.36. The van der Waals surface area contributed by atoms with Crippen molar-refractivity contribution < 1.29 is 23.5 Å². The second-order valence-electron chi connectivity index (χ2n) is 7.36. The van der Waals surface area contributed by atoms with Crippen LogP contribution in [0.4, 0.5) is 4.39 Å². The van der Waals surface area contributed by atoms with E-state index < -0.39 is 6.04 Å². The molecule has 0 radical (unpaired) electrons. The van der Waals surface area contributed by atoms with Crippen LogP contribution in [0.1, 0.15) is 39.2 Å². The zero-order chi connectivity index (χ0) is 22.8. The van der Waals surface area contributed by atoms with Gasteiger partial charge in [-0.05, 0) is 61.7 Å². The van der Waals surface area contributed by atoms with Gasteiger partial charge in [-0.3, -0.25) is 9.59 Å². The quantitative estimate of drug-likeness (QED) is 0.586. The van der Waals surface area contributed by atoms with E-state index in [0.29, 0.717) is 17.9 Å². The molecule has 0 aliphatic heterocycles. The highest BCUT2D eigenvalue weighted by Crippen LogP contribution is 2.18. The van der Waals surface area contributed by atoms with Gasteiger partial charge >= 0.3 is 0 Å². The molecule has 0 aromatic heterocycles. The summed E-state index contributed by atoms with van der Waals surface area (Å²) in [5, 5.41) is 2.96. The number of carbonyl (C=O) groups is 2. The Kier molecular flexibility index (Phi) is 9.31. The predicted molar refractivity (Wildman–Crippen MR) is 117 cm³/mol. The Balaban J connectivity index is 2.22. The van der Waals surface area contributed by atoms with Gasteiger partial charge in [0.05, 0.1) is 7.11 Å². The number of hydrogen-bond acceptors (Lipinski definition) is 4. The van der Waals surface area contributed by atoms with E-state index in [0.717, 1.165) is 12.0 Å². The third kappa shape index (κ3) is 7.27. The Hall–Kier alpha value is -3.09. The highest BCUT2D eigenvalue weighted by atomic mass is 19.1. The topological polar surface area (TPSA) is 67.9 Å². The molecule has 0 fully saturated rings. The molecule has 1 N–H and O–H groups in total. The second kappa shape index (κ2) is 11.9. The predicted octanol–water partition coefficient (Wildman–Crippen LogP) is 3.94. The first kappa shape index (κ1) is 24.2. The Morgan fingerprint density at radius 2 is 1.77 bits per heavy atom. The van der Waals surface area contributed by atoms with E-state index in [-0.39, 0.29) is 36.8 Å². The van der Waals surface area contributed by atoms with Gasteiger partial charge in [-0.15, -0.1) is 0 Å². The molecule has 0 heterocycles. The Morgan fingerprint density at radius 1 is 1.06 bits per heavy atom. The van der Waals surface area contributed by atoms with Gasteiger partial charge in [0.15, 0.2) is 6.61 Å². The van der Waals surface area contributed by atoms with Crippen LogP contribution >= 0.6 is 0 Å². The monoisotopic (exact) mass is 430 g/mol. The maximum Gasteiger partial charge on any atom is 0.261 e. The average molecular weight is 431 g/mol. The summed E-state index contributed by atoms with van der Waals surface area (Å²) >= 11 is 0. The minimum atomic E-state index is -0.649. The van der Waals surface area contributed by atoms with Crippen LogP contribution < -0.4 is 14.8 Å². The lowest BCUT2D eigenvalue weighted by atomic mass is 10.1. The van der Waals surface area contributed by atoms with Crippen LogP contribution in [0.5, 0.6) is 11.5 Å². The van der Waals surface area contributed by atoms with Crippen molar-refractivity contribution in [3.63, 3.8) is 0 Å². The third-order valence-electron chi connectivity index (χ3n) is 5.05. The largest absolute Gasteiger partial charge is 0.497 e. The molecule has 2 atom stereocenters. The number of rotatable bonds is 11. The fraction of sp³-hybridized carbons (Fsp3) is 0.417. The molecule has 0 bridgehead atoms. The van der Waals surface area contributed by atoms with Crippen LogP contribution in [0.15, 0.2) is 48.5 Å². The Labute approximate surface area is 183 Å². The normalized spacial score (nSPS) is 12.5. The first-order valence-electron chi connectivity index (χ1n) is 10.5. The van der Waals surface area contributed by atoms with Crippen LogP contribution in [0, 0.1) is 5.82 Å². The molecular weight excluding hydrogens is 399 g/mol. The lowest BCUT2D eigenvalue weighted by molar-refractivity contribution is -0.143. The first-order valence-corrected chi connectivity index (χ1v) is 10.5. The van der Waals surface area contributed by atoms with E-state index in [2.05, 4.69) is 5.32 Å². The highest BCUT2D eigenvalue weighted by molar-refractivity contribution is 5.88. The van der Waals surface area contributed by atoms with Crippen LogP contribution in [0.3, 0.4) is 0 Å². The summed E-state index contributed by atoms with van der Waals surface area (Å²) in [6.45, 7) is 5.75. The minimum absolute atomic E-state index is 0.00536. The number of methoxy groups -OCH3 is 1. The molecule has 168 valence electrons. The molecule has 31 heavy (non-hydrogen) atoms. The van der Waals surface area contributed by atoms with Crippen molar-refractivity contribution in [2.24, 2.45) is 0 Å². The zero-order valence-corrected chi connectivity index (χ0v) is 18.6. The summed E-state index contributed by atoms with van der Waals surface area (Å²) in [6.07, 6.45) is 1.24. The zero-order valence-electron chi connectivity index (χ0n) is 18.6. The lowest BCUT2D eigenvalue weighted by Gasteiger charge is -2.31. The SMILES string of the molecule is CC[C@@H](C)NC(=O)[C@@H](CC)N(Cc1cccc(OC)c1)C(=O)COc1ccc(F)cc1. The number of amides is 2. The first-order chi connectivity index (χ1) is 14.9. The number of halogens is 1. The number of nitrogens with one attached hydrogen (secondary N) is 1. The third-order valence-corrected chi connectivity index (χ3v) is 5.05. The molecule has 0 saturated heterocycles. The Bertz CT molecular complexity index is 857. The van der Waals surface area contributed by atoms with E-state index in [9.17, 15) is 14.0 Å². The van der Waals surface area contributed by atoms with E-state index in [1.165, 1.54) is 29.2 Å². The summed E-state index contributed by atoms with van der Waals surface area (Å²) in [7, 11) is 1.58. The van der Waals surface area contributed by atoms with E-state index in [1.807, 2.05) is 45.0 Å². The number of hydrogen-bond donors (Lipinski definition) is 1. The minimum Gasteiger partial charge on any atom is -0.497 e. The molecule has 6 nitrogen and oxygen atoms in total. The van der Waals surface area contributed by atoms with Crippen LogP contribution in [0.25, 0.3) is 0 Å². The molecule has 0 saturated carbocycles. The van der Waals surface area contributed by atoms with Crippen LogP contribution in [-0.2, 0) is 16.1 Å². The molecule has 0 aliphatic carbocycles. The summed E-state index contributed by atoms with van der Waals surface area (Å²) in [4.78, 5) is 27.5. The molecule has 0 unspecified atom stereocenters. The van der Waals surface area contributed by atoms with Gasteiger partial charge < -0.3 is 19.7 Å². The van der Waals surface area contributed by atoms with Crippen molar-refractivity contribution in [3.05, 3.63) is 59.9 Å². The smallest absolute Gasteiger partial charge is 0.261 e. The number of ether oxygens (including phenoxy) is 2. The van der Waals surface area contributed by atoms with Gasteiger partial charge in [0.2, 0.25) is 5.91 Å². The molecule has 2 amide bonds. The van der Waals surface area contributed by atoms with Gasteiger partial charge in [0.25, 0.3) is 5.91 Å². The highest BCUT2D eigenvalue weighted by Gasteiger charge is 2.29. The standard InChI is InChI=1S/C24H31FN2O4/c1-5-17(3)26-24(29)22(6-2)27(15-18-8-7-9-21(14-18)30-4)23(28)16-31-20-12-10-19(25)11-13-20/h7-14,17,22H,5-6,15-16H2,1-4H3,(H,26,29)/t17-,22-/m1/s1. The van der Waals surface area contributed by atoms with Crippen LogP contribution in [-0.4, -0.2) is 42.5 Å². The van der Waals surface area contributed by atoms with Crippen molar-refractivity contribution in [2.75, 3.05) is 13.7 Å². The van der Waals surface area contributed by atoms with Crippen LogP contribution in [0.2, 0.25) is 0 Å². The summed E-state index contributed by atoms with van der Waals surface area (Å²) < 4.78 is 23.9. The molecule has 2 rings (SSSR count). The summed E-state index contributed by atoms with van der Waals surface area (Å²) in [5.74, 6) is 0.136. The van der Waals surface area contributed by atoms with Gasteiger partial charge in [0.1, 0.15) is 23.4 Å². The van der Waals surface area contributed by atoms with Gasteiger partial charge in [0, 0.05) is 12.6 Å². The summed E-state index contributed by atoms with van der Waals surface area (Å²) in [6, 6.07) is 12.2. The molecule has 0 spiro atoms. The maximum absolute atomic E-state index is 13.1. The van der Waals surface area contributed by atoms with E-state index >= 15 is 0 Å². The van der Waals surface area contributed by atoms with Gasteiger partial charge in [-0.2, -0.15) is 0 Å².